The van der Waals surface area contributed by atoms with E-state index in [0.717, 1.165) is 0 Å². The first-order valence-corrected chi connectivity index (χ1v) is 7.22. The number of hydrogen-bond acceptors (Lipinski definition) is 6. The summed E-state index contributed by atoms with van der Waals surface area (Å²) in [5.41, 5.74) is 0.601. The minimum atomic E-state index is -0.480. The standard InChI is InChI=1S/C17H20N2O5/c1-5-23-16(20)11-24-14-7-6-12(9-15(14)22-4)8-13(10-18)17(21)19(2)3/h6-9H,5,11H2,1-4H3/b13-8-. The van der Waals surface area contributed by atoms with Crippen LogP contribution in [-0.4, -0.2) is 51.2 Å². The van der Waals surface area contributed by atoms with Gasteiger partial charge in [0.2, 0.25) is 0 Å². The molecule has 7 nitrogen and oxygen atoms in total. The van der Waals surface area contributed by atoms with E-state index in [1.54, 1.807) is 39.2 Å². The number of likely N-dealkylation sites (N-methyl/N-ethyl adjacent to an activating group) is 1. The van der Waals surface area contributed by atoms with Gasteiger partial charge in [-0.2, -0.15) is 5.26 Å². The van der Waals surface area contributed by atoms with Crippen LogP contribution in [0.4, 0.5) is 0 Å². The molecule has 0 unspecified atom stereocenters. The summed E-state index contributed by atoms with van der Waals surface area (Å²) in [7, 11) is 4.59. The van der Waals surface area contributed by atoms with Crippen molar-refractivity contribution in [3.05, 3.63) is 29.3 Å². The van der Waals surface area contributed by atoms with E-state index in [0.29, 0.717) is 17.1 Å². The van der Waals surface area contributed by atoms with Crippen LogP contribution >= 0.6 is 0 Å². The number of ether oxygens (including phenoxy) is 3. The van der Waals surface area contributed by atoms with Crippen LogP contribution in [-0.2, 0) is 14.3 Å². The first-order chi connectivity index (χ1) is 11.4. The van der Waals surface area contributed by atoms with Crippen molar-refractivity contribution in [3.8, 4) is 17.6 Å². The van der Waals surface area contributed by atoms with Gasteiger partial charge in [-0.3, -0.25) is 4.79 Å². The van der Waals surface area contributed by atoms with Crippen molar-refractivity contribution in [2.45, 2.75) is 6.92 Å². The van der Waals surface area contributed by atoms with Gasteiger partial charge in [-0.25, -0.2) is 4.79 Å². The van der Waals surface area contributed by atoms with E-state index in [9.17, 15) is 9.59 Å². The van der Waals surface area contributed by atoms with Crippen molar-refractivity contribution in [1.29, 1.82) is 5.26 Å². The molecule has 0 aliphatic heterocycles. The Hall–Kier alpha value is -3.01. The number of hydrogen-bond donors (Lipinski definition) is 0. The molecule has 1 rings (SSSR count). The lowest BCUT2D eigenvalue weighted by atomic mass is 10.1. The third-order valence-corrected chi connectivity index (χ3v) is 2.91. The van der Waals surface area contributed by atoms with Crippen LogP contribution in [0.1, 0.15) is 12.5 Å². The first kappa shape index (κ1) is 19.0. The number of methoxy groups -OCH3 is 1. The number of carbonyl (C=O) groups excluding carboxylic acids is 2. The van der Waals surface area contributed by atoms with Crippen LogP contribution < -0.4 is 9.47 Å². The molecule has 0 aliphatic rings. The summed E-state index contributed by atoms with van der Waals surface area (Å²) in [6.07, 6.45) is 1.46. The van der Waals surface area contributed by atoms with Gasteiger partial charge in [0, 0.05) is 14.1 Å². The van der Waals surface area contributed by atoms with Crippen LogP contribution in [0.5, 0.6) is 11.5 Å². The molecule has 0 fully saturated rings. The fourth-order valence-corrected chi connectivity index (χ4v) is 1.78. The van der Waals surface area contributed by atoms with Crippen LogP contribution in [0.15, 0.2) is 23.8 Å². The van der Waals surface area contributed by atoms with Gasteiger partial charge >= 0.3 is 5.97 Å². The lowest BCUT2D eigenvalue weighted by Crippen LogP contribution is -2.22. The third kappa shape index (κ3) is 5.32. The van der Waals surface area contributed by atoms with Gasteiger partial charge in [0.15, 0.2) is 18.1 Å². The monoisotopic (exact) mass is 332 g/mol. The average molecular weight is 332 g/mol. The molecule has 0 aliphatic carbocycles. The maximum absolute atomic E-state index is 11.9. The number of esters is 1. The molecular weight excluding hydrogens is 312 g/mol. The number of benzene rings is 1. The van der Waals surface area contributed by atoms with Crippen LogP contribution in [0, 0.1) is 11.3 Å². The second-order valence-electron chi connectivity index (χ2n) is 4.87. The maximum Gasteiger partial charge on any atom is 0.344 e. The number of carbonyl (C=O) groups is 2. The van der Waals surface area contributed by atoms with Crippen molar-refractivity contribution in [1.82, 2.24) is 4.90 Å². The van der Waals surface area contributed by atoms with Crippen molar-refractivity contribution in [2.75, 3.05) is 34.4 Å². The molecule has 24 heavy (non-hydrogen) atoms. The topological polar surface area (TPSA) is 88.9 Å². The van der Waals surface area contributed by atoms with Gasteiger partial charge in [-0.05, 0) is 30.7 Å². The number of nitriles is 1. The normalized spacial score (nSPS) is 10.5. The minimum Gasteiger partial charge on any atom is -0.493 e. The van der Waals surface area contributed by atoms with Gasteiger partial charge in [0.05, 0.1) is 13.7 Å². The molecule has 0 saturated carbocycles. The molecule has 0 bridgehead atoms. The summed E-state index contributed by atoms with van der Waals surface area (Å²) in [5, 5.41) is 9.11. The molecular formula is C17H20N2O5. The third-order valence-electron chi connectivity index (χ3n) is 2.91. The van der Waals surface area contributed by atoms with Crippen molar-refractivity contribution >= 4 is 18.0 Å². The Balaban J connectivity index is 2.99. The van der Waals surface area contributed by atoms with E-state index < -0.39 is 5.97 Å². The van der Waals surface area contributed by atoms with Gasteiger partial charge in [-0.15, -0.1) is 0 Å². The van der Waals surface area contributed by atoms with Gasteiger partial charge in [-0.1, -0.05) is 6.07 Å². The largest absolute Gasteiger partial charge is 0.493 e. The van der Waals surface area contributed by atoms with E-state index in [-0.39, 0.29) is 24.7 Å². The molecule has 0 atom stereocenters. The average Bonchev–Trinajstić information content (AvgIpc) is 2.57. The summed E-state index contributed by atoms with van der Waals surface area (Å²) < 4.78 is 15.4. The zero-order valence-electron chi connectivity index (χ0n) is 14.2. The zero-order chi connectivity index (χ0) is 18.1. The summed E-state index contributed by atoms with van der Waals surface area (Å²) in [5.74, 6) is -0.131. The Morgan fingerprint density at radius 3 is 2.54 bits per heavy atom. The molecule has 1 aromatic carbocycles. The highest BCUT2D eigenvalue weighted by Gasteiger charge is 2.13. The fourth-order valence-electron chi connectivity index (χ4n) is 1.78. The molecule has 0 saturated heterocycles. The minimum absolute atomic E-state index is 0.00208. The smallest absolute Gasteiger partial charge is 0.344 e. The highest BCUT2D eigenvalue weighted by atomic mass is 16.6. The van der Waals surface area contributed by atoms with E-state index >= 15 is 0 Å². The van der Waals surface area contributed by atoms with Gasteiger partial charge < -0.3 is 19.1 Å². The van der Waals surface area contributed by atoms with Crippen LogP contribution in [0.3, 0.4) is 0 Å². The quantitative estimate of drug-likeness (QED) is 0.428. The van der Waals surface area contributed by atoms with E-state index in [1.165, 1.54) is 18.1 Å². The Morgan fingerprint density at radius 2 is 2.00 bits per heavy atom. The van der Waals surface area contributed by atoms with Crippen LogP contribution in [0.2, 0.25) is 0 Å². The second kappa shape index (κ2) is 9.20. The van der Waals surface area contributed by atoms with Crippen molar-refractivity contribution < 1.29 is 23.8 Å². The molecule has 0 spiro atoms. The van der Waals surface area contributed by atoms with Crippen molar-refractivity contribution in [3.63, 3.8) is 0 Å². The summed E-state index contributed by atoms with van der Waals surface area (Å²) in [4.78, 5) is 24.5. The molecule has 7 heteroatoms. The fraction of sp³-hybridized carbons (Fsp3) is 0.353. The second-order valence-corrected chi connectivity index (χ2v) is 4.87. The Kier molecular flexibility index (Phi) is 7.30. The summed E-state index contributed by atoms with van der Waals surface area (Å²) in [6.45, 7) is 1.75. The highest BCUT2D eigenvalue weighted by Crippen LogP contribution is 2.29. The summed E-state index contributed by atoms with van der Waals surface area (Å²) >= 11 is 0. The highest BCUT2D eigenvalue weighted by molar-refractivity contribution is 6.01. The van der Waals surface area contributed by atoms with E-state index in [4.69, 9.17) is 19.5 Å². The number of amides is 1. The molecule has 0 N–H and O–H groups in total. The molecule has 1 amide bonds. The number of rotatable bonds is 7. The van der Waals surface area contributed by atoms with Crippen LogP contribution in [0.25, 0.3) is 6.08 Å². The maximum atomic E-state index is 11.9. The predicted octanol–water partition coefficient (Wildman–Crippen LogP) is 1.63. The Labute approximate surface area is 141 Å². The Bertz CT molecular complexity index is 674. The lowest BCUT2D eigenvalue weighted by Gasteiger charge is -2.11. The summed E-state index contributed by atoms with van der Waals surface area (Å²) in [6, 6.07) is 6.74. The van der Waals surface area contributed by atoms with Crippen molar-refractivity contribution in [2.24, 2.45) is 0 Å². The number of nitrogens with zero attached hydrogens (tertiary/aromatic N) is 2. The van der Waals surface area contributed by atoms with Gasteiger partial charge in [0.25, 0.3) is 5.91 Å². The molecule has 0 aromatic heterocycles. The van der Waals surface area contributed by atoms with E-state index in [1.807, 2.05) is 6.07 Å². The predicted molar refractivity (Wildman–Crippen MR) is 87.4 cm³/mol. The van der Waals surface area contributed by atoms with E-state index in [2.05, 4.69) is 0 Å². The zero-order valence-corrected chi connectivity index (χ0v) is 14.2. The lowest BCUT2D eigenvalue weighted by molar-refractivity contribution is -0.145. The van der Waals surface area contributed by atoms with Gasteiger partial charge in [0.1, 0.15) is 11.6 Å². The molecule has 0 radical (unpaired) electrons. The SMILES string of the molecule is CCOC(=O)COc1ccc(/C=C(/C#N)C(=O)N(C)C)cc1OC. The molecule has 128 valence electrons. The molecule has 1 aromatic rings. The Morgan fingerprint density at radius 1 is 1.29 bits per heavy atom. The first-order valence-electron chi connectivity index (χ1n) is 7.22. The molecule has 0 heterocycles.